The lowest BCUT2D eigenvalue weighted by Gasteiger charge is -2.08. The quantitative estimate of drug-likeness (QED) is 0.307. The smallest absolute Gasteiger partial charge is 0.182 e. The highest BCUT2D eigenvalue weighted by atomic mass is 16.1. The Kier molecular flexibility index (Phi) is 3.85. The zero-order valence-electron chi connectivity index (χ0n) is 8.07. The number of hydrogen-bond acceptors (Lipinski definition) is 4. The number of carbonyl (C=O) groups excluding carboxylic acids is 2. The zero-order valence-corrected chi connectivity index (χ0v) is 8.07. The number of nitrogens with zero attached hydrogens (tertiary/aromatic N) is 6. The third kappa shape index (κ3) is 2.71. The summed E-state index contributed by atoms with van der Waals surface area (Å²) in [6.45, 7) is -0.321. The lowest BCUT2D eigenvalue weighted by molar-refractivity contribution is -0.115. The van der Waals surface area contributed by atoms with Gasteiger partial charge in [-0.25, -0.2) is 0 Å². The first-order valence-electron chi connectivity index (χ1n) is 4.20. The van der Waals surface area contributed by atoms with Crippen molar-refractivity contribution in [1.82, 2.24) is 0 Å². The Morgan fingerprint density at radius 2 is 1.31 bits per heavy atom. The van der Waals surface area contributed by atoms with Crippen LogP contribution in [0.1, 0.15) is 0 Å². The molecule has 16 heavy (non-hydrogen) atoms. The van der Waals surface area contributed by atoms with Crippen LogP contribution in [0.5, 0.6) is 0 Å². The Morgan fingerprint density at radius 3 is 1.62 bits per heavy atom. The van der Waals surface area contributed by atoms with Crippen molar-refractivity contribution in [1.29, 1.82) is 0 Å². The van der Waals surface area contributed by atoms with Crippen molar-refractivity contribution in [3.05, 3.63) is 44.2 Å². The number of carbonyl (C=O) groups is 2. The van der Waals surface area contributed by atoms with Gasteiger partial charge in [0.1, 0.15) is 0 Å². The molecule has 0 fully saturated rings. The van der Waals surface area contributed by atoms with Crippen LogP contribution in [0, 0.1) is 0 Å². The summed E-state index contributed by atoms with van der Waals surface area (Å²) in [6, 6.07) is 0. The van der Waals surface area contributed by atoms with Crippen LogP contribution < -0.4 is 0 Å². The molecule has 0 aliphatic heterocycles. The second kappa shape index (κ2) is 5.35. The lowest BCUT2D eigenvalue weighted by atomic mass is 9.97. The maximum absolute atomic E-state index is 11.4. The van der Waals surface area contributed by atoms with E-state index in [1.54, 1.807) is 0 Å². The molecule has 1 aliphatic rings. The Hall–Kier alpha value is -2.56. The summed E-state index contributed by atoms with van der Waals surface area (Å²) in [4.78, 5) is 27.8. The highest BCUT2D eigenvalue weighted by molar-refractivity contribution is 6.20. The third-order valence-electron chi connectivity index (χ3n) is 1.85. The molecule has 0 saturated heterocycles. The first-order valence-corrected chi connectivity index (χ1v) is 4.20. The van der Waals surface area contributed by atoms with Crippen molar-refractivity contribution in [2.24, 2.45) is 10.2 Å². The van der Waals surface area contributed by atoms with E-state index in [1.165, 1.54) is 0 Å². The highest BCUT2D eigenvalue weighted by Gasteiger charge is 2.18. The summed E-state index contributed by atoms with van der Waals surface area (Å²) < 4.78 is 0. The summed E-state index contributed by atoms with van der Waals surface area (Å²) in [5.74, 6) is -0.815. The van der Waals surface area contributed by atoms with Gasteiger partial charge in [-0.05, 0) is 23.2 Å². The summed E-state index contributed by atoms with van der Waals surface area (Å²) >= 11 is 0. The van der Waals surface area contributed by atoms with Crippen LogP contribution >= 0.6 is 0 Å². The molecule has 0 radical (unpaired) electrons. The molecule has 1 aliphatic carbocycles. The molecule has 0 aromatic heterocycles. The van der Waals surface area contributed by atoms with Gasteiger partial charge in [-0.3, -0.25) is 9.59 Å². The van der Waals surface area contributed by atoms with Gasteiger partial charge in [0.15, 0.2) is 11.6 Å². The predicted molar refractivity (Wildman–Crippen MR) is 54.2 cm³/mol. The first-order chi connectivity index (χ1) is 7.69. The standard InChI is InChI=1S/C8H6N6O2/c9-13-11-3-5-1-7(15)6(2-8(5)16)4-12-14-10/h1-2H,3-4H2. The van der Waals surface area contributed by atoms with E-state index in [0.717, 1.165) is 12.2 Å². The topological polar surface area (TPSA) is 132 Å². The highest BCUT2D eigenvalue weighted by Crippen LogP contribution is 2.12. The minimum Gasteiger partial charge on any atom is -0.290 e. The maximum Gasteiger partial charge on any atom is 0.182 e. The Balaban J connectivity index is 2.86. The first kappa shape index (κ1) is 11.5. The van der Waals surface area contributed by atoms with Crippen LogP contribution in [-0.2, 0) is 9.59 Å². The van der Waals surface area contributed by atoms with Gasteiger partial charge in [0, 0.05) is 21.0 Å². The fourth-order valence-electron chi connectivity index (χ4n) is 1.11. The molecular weight excluding hydrogens is 212 g/mol. The van der Waals surface area contributed by atoms with Crippen LogP contribution in [0.15, 0.2) is 33.5 Å². The molecule has 0 heterocycles. The molecule has 0 N–H and O–H groups in total. The number of hydrogen-bond donors (Lipinski definition) is 0. The monoisotopic (exact) mass is 218 g/mol. The van der Waals surface area contributed by atoms with E-state index >= 15 is 0 Å². The molecule has 1 rings (SSSR count). The Labute approximate surface area is 89.5 Å². The van der Waals surface area contributed by atoms with Gasteiger partial charge in [-0.2, -0.15) is 0 Å². The molecule has 0 bridgehead atoms. The number of azide groups is 2. The Morgan fingerprint density at radius 1 is 0.938 bits per heavy atom. The summed E-state index contributed by atoms with van der Waals surface area (Å²) in [5.41, 5.74) is 16.4. The molecule has 0 aromatic carbocycles. The zero-order chi connectivity index (χ0) is 12.0. The molecule has 0 unspecified atom stereocenters. The largest absolute Gasteiger partial charge is 0.290 e. The third-order valence-corrected chi connectivity index (χ3v) is 1.85. The van der Waals surface area contributed by atoms with Gasteiger partial charge in [0.25, 0.3) is 0 Å². The van der Waals surface area contributed by atoms with Gasteiger partial charge in [-0.15, -0.1) is 0 Å². The summed E-state index contributed by atoms with van der Waals surface area (Å²) in [7, 11) is 0. The molecule has 80 valence electrons. The Bertz CT molecular complexity index is 445. The second-order valence-corrected chi connectivity index (χ2v) is 2.85. The predicted octanol–water partition coefficient (Wildman–Crippen LogP) is 1.61. The number of ketones is 2. The van der Waals surface area contributed by atoms with Crippen molar-refractivity contribution in [3.8, 4) is 0 Å². The minimum absolute atomic E-state index is 0.132. The van der Waals surface area contributed by atoms with E-state index in [2.05, 4.69) is 20.1 Å². The average Bonchev–Trinajstić information content (AvgIpc) is 2.28. The second-order valence-electron chi connectivity index (χ2n) is 2.85. The SMILES string of the molecule is [N-]=[N+]=NCC1=CC(=O)C(CN=[N+]=[N-])=CC1=O. The molecule has 0 amide bonds. The molecule has 0 spiro atoms. The van der Waals surface area contributed by atoms with Crippen molar-refractivity contribution in [2.75, 3.05) is 13.1 Å². The van der Waals surface area contributed by atoms with Crippen molar-refractivity contribution in [2.45, 2.75) is 0 Å². The van der Waals surface area contributed by atoms with Crippen molar-refractivity contribution < 1.29 is 9.59 Å². The molecule has 0 atom stereocenters. The molecular formula is C8H6N6O2. The molecule has 0 saturated carbocycles. The van der Waals surface area contributed by atoms with Crippen LogP contribution in [0.2, 0.25) is 0 Å². The van der Waals surface area contributed by atoms with Gasteiger partial charge in [0.05, 0.1) is 13.1 Å². The van der Waals surface area contributed by atoms with Crippen molar-refractivity contribution >= 4 is 11.6 Å². The van der Waals surface area contributed by atoms with E-state index in [-0.39, 0.29) is 24.2 Å². The van der Waals surface area contributed by atoms with Crippen molar-refractivity contribution in [3.63, 3.8) is 0 Å². The normalized spacial score (nSPS) is 14.5. The fourth-order valence-corrected chi connectivity index (χ4v) is 1.11. The van der Waals surface area contributed by atoms with Crippen LogP contribution in [0.3, 0.4) is 0 Å². The van der Waals surface area contributed by atoms with E-state index < -0.39 is 11.6 Å². The molecule has 0 aromatic rings. The lowest BCUT2D eigenvalue weighted by Crippen LogP contribution is -2.16. The summed E-state index contributed by atoms with van der Waals surface area (Å²) in [5, 5.41) is 6.39. The average molecular weight is 218 g/mol. The maximum atomic E-state index is 11.4. The van der Waals surface area contributed by atoms with Crippen LogP contribution in [0.4, 0.5) is 0 Å². The van der Waals surface area contributed by atoms with E-state index in [9.17, 15) is 9.59 Å². The molecule has 8 heteroatoms. The number of rotatable bonds is 4. The summed E-state index contributed by atoms with van der Waals surface area (Å²) in [6.07, 6.45) is 2.19. The number of allylic oxidation sites excluding steroid dienone is 2. The van der Waals surface area contributed by atoms with Gasteiger partial charge >= 0.3 is 0 Å². The van der Waals surface area contributed by atoms with Gasteiger partial charge in [0.2, 0.25) is 0 Å². The van der Waals surface area contributed by atoms with E-state index in [4.69, 9.17) is 11.1 Å². The van der Waals surface area contributed by atoms with Gasteiger partial charge < -0.3 is 0 Å². The van der Waals surface area contributed by atoms with Crippen LogP contribution in [-0.4, -0.2) is 24.7 Å². The van der Waals surface area contributed by atoms with E-state index in [1.807, 2.05) is 0 Å². The molecule has 8 nitrogen and oxygen atoms in total. The van der Waals surface area contributed by atoms with Gasteiger partial charge in [-0.1, -0.05) is 10.2 Å². The minimum atomic E-state index is -0.407. The van der Waals surface area contributed by atoms with Crippen LogP contribution in [0.25, 0.3) is 20.9 Å². The fraction of sp³-hybridized carbons (Fsp3) is 0.250. The van der Waals surface area contributed by atoms with E-state index in [0.29, 0.717) is 0 Å².